The number of nitrogens with zero attached hydrogens (tertiary/aromatic N) is 1. The van der Waals surface area contributed by atoms with Crippen LogP contribution in [0.4, 0.5) is 0 Å². The van der Waals surface area contributed by atoms with Gasteiger partial charge >= 0.3 is 0 Å². The van der Waals surface area contributed by atoms with Crippen molar-refractivity contribution in [2.75, 3.05) is 6.54 Å². The van der Waals surface area contributed by atoms with Gasteiger partial charge in [-0.25, -0.2) is 0 Å². The molecule has 2 amide bonds. The summed E-state index contributed by atoms with van der Waals surface area (Å²) >= 11 is 6.11. The lowest BCUT2D eigenvalue weighted by Crippen LogP contribution is -2.47. The maximum Gasteiger partial charge on any atom is 0.242 e. The van der Waals surface area contributed by atoms with E-state index in [4.69, 9.17) is 11.6 Å². The molecule has 0 heterocycles. The van der Waals surface area contributed by atoms with Gasteiger partial charge in [-0.3, -0.25) is 9.59 Å². The van der Waals surface area contributed by atoms with Gasteiger partial charge in [-0.15, -0.1) is 0 Å². The number of benzene rings is 2. The number of amides is 2. The van der Waals surface area contributed by atoms with Crippen molar-refractivity contribution in [2.45, 2.75) is 59.0 Å². The molecule has 29 heavy (non-hydrogen) atoms. The molecular formula is C24H31ClN2O2. The van der Waals surface area contributed by atoms with E-state index < -0.39 is 6.04 Å². The van der Waals surface area contributed by atoms with Gasteiger partial charge in [-0.1, -0.05) is 66.9 Å². The van der Waals surface area contributed by atoms with E-state index in [0.29, 0.717) is 31.0 Å². The van der Waals surface area contributed by atoms with Crippen LogP contribution in [-0.4, -0.2) is 29.3 Å². The molecule has 2 aromatic rings. The smallest absolute Gasteiger partial charge is 0.242 e. The molecule has 0 aliphatic heterocycles. The molecule has 0 saturated heterocycles. The van der Waals surface area contributed by atoms with Crippen molar-refractivity contribution >= 4 is 23.4 Å². The number of unbranched alkanes of at least 4 members (excludes halogenated alkanes) is 1. The van der Waals surface area contributed by atoms with Gasteiger partial charge < -0.3 is 10.2 Å². The molecular weight excluding hydrogens is 384 g/mol. The number of rotatable bonds is 10. The van der Waals surface area contributed by atoms with Crippen LogP contribution in [0.25, 0.3) is 0 Å². The molecule has 0 fully saturated rings. The van der Waals surface area contributed by atoms with Gasteiger partial charge in [-0.2, -0.15) is 0 Å². The fourth-order valence-electron chi connectivity index (χ4n) is 3.10. The zero-order valence-corrected chi connectivity index (χ0v) is 18.3. The molecule has 5 heteroatoms. The Kier molecular flexibility index (Phi) is 9.20. The summed E-state index contributed by atoms with van der Waals surface area (Å²) in [7, 11) is 0. The Hall–Kier alpha value is -2.33. The topological polar surface area (TPSA) is 49.4 Å². The molecule has 0 aromatic heterocycles. The molecule has 0 bridgehead atoms. The molecule has 0 aliphatic carbocycles. The Bertz CT molecular complexity index is 805. The zero-order valence-electron chi connectivity index (χ0n) is 17.6. The largest absolute Gasteiger partial charge is 0.354 e. The minimum Gasteiger partial charge on any atom is -0.354 e. The van der Waals surface area contributed by atoms with Crippen molar-refractivity contribution < 1.29 is 9.59 Å². The van der Waals surface area contributed by atoms with E-state index in [1.165, 1.54) is 5.56 Å². The Morgan fingerprint density at radius 3 is 2.48 bits per heavy atom. The maximum absolute atomic E-state index is 13.1. The minimum absolute atomic E-state index is 0.0382. The second kappa shape index (κ2) is 11.6. The SMILES string of the molecule is CCCCNC(=O)[C@H](C)N(Cc1cccc(Cl)c1)C(=O)CCc1ccc(C)cc1. The summed E-state index contributed by atoms with van der Waals surface area (Å²) < 4.78 is 0. The van der Waals surface area contributed by atoms with Crippen LogP contribution in [0.1, 0.15) is 49.8 Å². The van der Waals surface area contributed by atoms with E-state index in [0.717, 1.165) is 24.0 Å². The van der Waals surface area contributed by atoms with Crippen LogP contribution in [0.15, 0.2) is 48.5 Å². The Balaban J connectivity index is 2.10. The van der Waals surface area contributed by atoms with Crippen LogP contribution in [-0.2, 0) is 22.6 Å². The van der Waals surface area contributed by atoms with Crippen molar-refractivity contribution in [3.05, 3.63) is 70.2 Å². The molecule has 0 radical (unpaired) electrons. The summed E-state index contributed by atoms with van der Waals surface area (Å²) in [6.45, 7) is 6.89. The predicted octanol–water partition coefficient (Wildman–Crippen LogP) is 4.91. The van der Waals surface area contributed by atoms with E-state index in [9.17, 15) is 9.59 Å². The summed E-state index contributed by atoms with van der Waals surface area (Å²) in [5.41, 5.74) is 3.22. The van der Waals surface area contributed by atoms with E-state index in [-0.39, 0.29) is 11.8 Å². The molecule has 0 spiro atoms. The molecule has 1 N–H and O–H groups in total. The predicted molar refractivity (Wildman–Crippen MR) is 119 cm³/mol. The van der Waals surface area contributed by atoms with Gasteiger partial charge in [0.2, 0.25) is 11.8 Å². The van der Waals surface area contributed by atoms with Crippen LogP contribution in [0.3, 0.4) is 0 Å². The van der Waals surface area contributed by atoms with E-state index in [1.807, 2.05) is 49.4 Å². The molecule has 0 saturated carbocycles. The van der Waals surface area contributed by atoms with Crippen LogP contribution in [0.2, 0.25) is 5.02 Å². The summed E-state index contributed by atoms with van der Waals surface area (Å²) in [4.78, 5) is 27.3. The first kappa shape index (κ1) is 23.0. The third-order valence-electron chi connectivity index (χ3n) is 4.99. The lowest BCUT2D eigenvalue weighted by atomic mass is 10.1. The van der Waals surface area contributed by atoms with Gasteiger partial charge in [0.05, 0.1) is 0 Å². The second-order valence-corrected chi connectivity index (χ2v) is 7.89. The third kappa shape index (κ3) is 7.54. The normalized spacial score (nSPS) is 11.7. The van der Waals surface area contributed by atoms with E-state index in [1.54, 1.807) is 17.9 Å². The maximum atomic E-state index is 13.1. The standard InChI is InChI=1S/C24H31ClN2O2/c1-4-5-15-26-24(29)19(3)27(17-21-7-6-8-22(25)16-21)23(28)14-13-20-11-9-18(2)10-12-20/h6-12,16,19H,4-5,13-15,17H2,1-3H3,(H,26,29)/t19-/m0/s1. The summed E-state index contributed by atoms with van der Waals surface area (Å²) in [6.07, 6.45) is 2.94. The van der Waals surface area contributed by atoms with Gasteiger partial charge in [0, 0.05) is 24.5 Å². The fraction of sp³-hybridized carbons (Fsp3) is 0.417. The molecule has 0 unspecified atom stereocenters. The lowest BCUT2D eigenvalue weighted by Gasteiger charge is -2.29. The number of nitrogens with one attached hydrogen (secondary N) is 1. The molecule has 2 rings (SSSR count). The zero-order chi connectivity index (χ0) is 21.2. The first-order valence-corrected chi connectivity index (χ1v) is 10.7. The van der Waals surface area contributed by atoms with Crippen LogP contribution >= 0.6 is 11.6 Å². The monoisotopic (exact) mass is 414 g/mol. The highest BCUT2D eigenvalue weighted by molar-refractivity contribution is 6.30. The summed E-state index contributed by atoms with van der Waals surface area (Å²) in [6, 6.07) is 15.1. The number of carbonyl (C=O) groups is 2. The number of halogens is 1. The van der Waals surface area contributed by atoms with Crippen molar-refractivity contribution in [1.82, 2.24) is 10.2 Å². The summed E-state index contributed by atoms with van der Waals surface area (Å²) in [5, 5.41) is 3.56. The van der Waals surface area contributed by atoms with E-state index in [2.05, 4.69) is 12.2 Å². The van der Waals surface area contributed by atoms with Gasteiger partial charge in [0.25, 0.3) is 0 Å². The van der Waals surface area contributed by atoms with Crippen molar-refractivity contribution in [3.63, 3.8) is 0 Å². The minimum atomic E-state index is -0.545. The molecule has 0 aliphatic rings. The highest BCUT2D eigenvalue weighted by Crippen LogP contribution is 2.16. The van der Waals surface area contributed by atoms with Crippen LogP contribution in [0.5, 0.6) is 0 Å². The number of aryl methyl sites for hydroxylation is 2. The fourth-order valence-corrected chi connectivity index (χ4v) is 3.31. The first-order chi connectivity index (χ1) is 13.9. The molecule has 2 aromatic carbocycles. The number of carbonyl (C=O) groups excluding carboxylic acids is 2. The van der Waals surface area contributed by atoms with Gasteiger partial charge in [-0.05, 0) is 49.9 Å². The van der Waals surface area contributed by atoms with Crippen molar-refractivity contribution in [1.29, 1.82) is 0 Å². The molecule has 4 nitrogen and oxygen atoms in total. The van der Waals surface area contributed by atoms with Gasteiger partial charge in [0.15, 0.2) is 0 Å². The highest BCUT2D eigenvalue weighted by Gasteiger charge is 2.25. The Morgan fingerprint density at radius 1 is 1.10 bits per heavy atom. The lowest BCUT2D eigenvalue weighted by molar-refractivity contribution is -0.140. The highest BCUT2D eigenvalue weighted by atomic mass is 35.5. The van der Waals surface area contributed by atoms with Gasteiger partial charge in [0.1, 0.15) is 6.04 Å². The average molecular weight is 415 g/mol. The third-order valence-corrected chi connectivity index (χ3v) is 5.22. The first-order valence-electron chi connectivity index (χ1n) is 10.3. The van der Waals surface area contributed by atoms with Crippen molar-refractivity contribution in [3.8, 4) is 0 Å². The Labute approximate surface area is 179 Å². The number of hydrogen-bond acceptors (Lipinski definition) is 2. The average Bonchev–Trinajstić information content (AvgIpc) is 2.71. The van der Waals surface area contributed by atoms with Crippen molar-refractivity contribution in [2.24, 2.45) is 0 Å². The Morgan fingerprint density at radius 2 is 1.83 bits per heavy atom. The molecule has 1 atom stereocenters. The summed E-state index contributed by atoms with van der Waals surface area (Å²) in [5.74, 6) is -0.159. The number of hydrogen-bond donors (Lipinski definition) is 1. The quantitative estimate of drug-likeness (QED) is 0.561. The van der Waals surface area contributed by atoms with Crippen LogP contribution in [0, 0.1) is 6.92 Å². The second-order valence-electron chi connectivity index (χ2n) is 7.46. The molecule has 156 valence electrons. The van der Waals surface area contributed by atoms with E-state index >= 15 is 0 Å². The van der Waals surface area contributed by atoms with Crippen LogP contribution < -0.4 is 5.32 Å².